The number of nitrogens with zero attached hydrogens (tertiary/aromatic N) is 1. The molecule has 0 aliphatic heterocycles. The van der Waals surface area contributed by atoms with Crippen molar-refractivity contribution in [3.05, 3.63) is 29.3 Å². The predicted molar refractivity (Wildman–Crippen MR) is 73.7 cm³/mol. The van der Waals surface area contributed by atoms with Crippen LogP contribution in [0.2, 0.25) is 0 Å². The van der Waals surface area contributed by atoms with Crippen molar-refractivity contribution < 1.29 is 23.1 Å². The Kier molecular flexibility index (Phi) is 4.88. The van der Waals surface area contributed by atoms with Gasteiger partial charge in [0.1, 0.15) is 0 Å². The van der Waals surface area contributed by atoms with E-state index >= 15 is 0 Å². The van der Waals surface area contributed by atoms with Crippen LogP contribution in [-0.2, 0) is 6.18 Å². The Hall–Kier alpha value is -1.76. The van der Waals surface area contributed by atoms with E-state index in [0.717, 1.165) is 18.2 Å². The van der Waals surface area contributed by atoms with E-state index < -0.39 is 23.2 Å². The Morgan fingerprint density at radius 1 is 1.33 bits per heavy atom. The molecule has 0 spiro atoms. The van der Waals surface area contributed by atoms with Crippen molar-refractivity contribution >= 4 is 11.6 Å². The quantitative estimate of drug-likeness (QED) is 0.840. The third kappa shape index (κ3) is 4.63. The first-order chi connectivity index (χ1) is 9.45. The summed E-state index contributed by atoms with van der Waals surface area (Å²) < 4.78 is 38.1. The molecule has 0 saturated heterocycles. The second-order valence-corrected chi connectivity index (χ2v) is 5.43. The number of hydrogen-bond acceptors (Lipinski definition) is 3. The molecule has 1 aromatic rings. The van der Waals surface area contributed by atoms with Gasteiger partial charge in [-0.05, 0) is 39.0 Å². The summed E-state index contributed by atoms with van der Waals surface area (Å²) in [7, 11) is 0. The van der Waals surface area contributed by atoms with Gasteiger partial charge in [-0.1, -0.05) is 0 Å². The number of alkyl halides is 3. The molecule has 1 aromatic carbocycles. The van der Waals surface area contributed by atoms with E-state index in [1.807, 2.05) is 0 Å². The van der Waals surface area contributed by atoms with Crippen LogP contribution in [0, 0.1) is 0 Å². The minimum Gasteiger partial charge on any atom is -0.398 e. The highest BCUT2D eigenvalue weighted by molar-refractivity contribution is 5.99. The number of rotatable bonds is 4. The van der Waals surface area contributed by atoms with Gasteiger partial charge in [-0.15, -0.1) is 0 Å². The van der Waals surface area contributed by atoms with Crippen molar-refractivity contribution in [2.24, 2.45) is 0 Å². The first-order valence-electron chi connectivity index (χ1n) is 6.44. The summed E-state index contributed by atoms with van der Waals surface area (Å²) in [5.41, 5.74) is 3.29. The lowest BCUT2D eigenvalue weighted by atomic mass is 10.1. The van der Waals surface area contributed by atoms with Gasteiger partial charge in [-0.3, -0.25) is 4.79 Å². The minimum atomic E-state index is -4.55. The van der Waals surface area contributed by atoms with Crippen molar-refractivity contribution in [2.75, 3.05) is 18.8 Å². The number of amides is 1. The summed E-state index contributed by atoms with van der Waals surface area (Å²) in [4.78, 5) is 13.6. The monoisotopic (exact) mass is 304 g/mol. The highest BCUT2D eigenvalue weighted by Gasteiger charge is 2.32. The molecule has 0 heterocycles. The van der Waals surface area contributed by atoms with E-state index in [1.54, 1.807) is 6.92 Å². The van der Waals surface area contributed by atoms with Crippen LogP contribution in [0.25, 0.3) is 0 Å². The minimum absolute atomic E-state index is 0.00197. The average Bonchev–Trinajstić information content (AvgIpc) is 2.33. The molecule has 1 amide bonds. The van der Waals surface area contributed by atoms with Crippen molar-refractivity contribution in [1.29, 1.82) is 0 Å². The molecule has 0 unspecified atom stereocenters. The largest absolute Gasteiger partial charge is 0.416 e. The van der Waals surface area contributed by atoms with E-state index in [-0.39, 0.29) is 24.3 Å². The van der Waals surface area contributed by atoms with Crippen LogP contribution in [0.15, 0.2) is 18.2 Å². The van der Waals surface area contributed by atoms with Crippen molar-refractivity contribution in [1.82, 2.24) is 4.90 Å². The molecule has 0 aliphatic rings. The number of carbonyl (C=O) groups is 1. The maximum absolute atomic E-state index is 12.7. The number of anilines is 1. The zero-order chi connectivity index (χ0) is 16.4. The summed E-state index contributed by atoms with van der Waals surface area (Å²) in [6, 6.07) is 2.64. The molecule has 0 aliphatic carbocycles. The molecule has 0 fully saturated rings. The standard InChI is InChI=1S/C14H19F3N2O2/c1-4-19(8-13(2,3)21)12(20)10-7-9(14(15,16)17)5-6-11(10)18/h5-7,21H,4,8,18H2,1-3H3. The molecule has 118 valence electrons. The molecule has 0 saturated carbocycles. The lowest BCUT2D eigenvalue weighted by molar-refractivity contribution is -0.137. The highest BCUT2D eigenvalue weighted by Crippen LogP contribution is 2.31. The molecule has 0 bridgehead atoms. The Bertz CT molecular complexity index is 522. The van der Waals surface area contributed by atoms with Gasteiger partial charge < -0.3 is 15.7 Å². The zero-order valence-electron chi connectivity index (χ0n) is 12.2. The van der Waals surface area contributed by atoms with Crippen LogP contribution in [-0.4, -0.2) is 34.6 Å². The average molecular weight is 304 g/mol. The van der Waals surface area contributed by atoms with Gasteiger partial charge in [0.05, 0.1) is 16.7 Å². The maximum Gasteiger partial charge on any atom is 0.416 e. The molecule has 1 rings (SSSR count). The fraction of sp³-hybridized carbons (Fsp3) is 0.500. The molecule has 0 aromatic heterocycles. The summed E-state index contributed by atoms with van der Waals surface area (Å²) in [5.74, 6) is -0.636. The molecule has 21 heavy (non-hydrogen) atoms. The summed E-state index contributed by atoms with van der Waals surface area (Å²) >= 11 is 0. The van der Waals surface area contributed by atoms with Gasteiger partial charge in [0.2, 0.25) is 0 Å². The third-order valence-corrected chi connectivity index (χ3v) is 2.86. The smallest absolute Gasteiger partial charge is 0.398 e. The van der Waals surface area contributed by atoms with E-state index in [4.69, 9.17) is 5.73 Å². The number of hydrogen-bond donors (Lipinski definition) is 2. The molecular weight excluding hydrogens is 285 g/mol. The second-order valence-electron chi connectivity index (χ2n) is 5.43. The van der Waals surface area contributed by atoms with Crippen molar-refractivity contribution in [3.8, 4) is 0 Å². The SMILES string of the molecule is CCN(CC(C)(C)O)C(=O)c1cc(C(F)(F)F)ccc1N. The third-order valence-electron chi connectivity index (χ3n) is 2.86. The van der Waals surface area contributed by atoms with E-state index in [1.165, 1.54) is 18.7 Å². The van der Waals surface area contributed by atoms with E-state index in [0.29, 0.717) is 0 Å². The number of halogens is 3. The lowest BCUT2D eigenvalue weighted by Gasteiger charge is -2.28. The first-order valence-corrected chi connectivity index (χ1v) is 6.44. The Balaban J connectivity index is 3.16. The number of nitrogen functional groups attached to an aromatic ring is 1. The topological polar surface area (TPSA) is 66.6 Å². The molecular formula is C14H19F3N2O2. The zero-order valence-corrected chi connectivity index (χ0v) is 12.2. The maximum atomic E-state index is 12.7. The van der Waals surface area contributed by atoms with Gasteiger partial charge >= 0.3 is 6.18 Å². The lowest BCUT2D eigenvalue weighted by Crippen LogP contribution is -2.42. The fourth-order valence-corrected chi connectivity index (χ4v) is 1.88. The number of benzene rings is 1. The normalized spacial score (nSPS) is 12.3. The van der Waals surface area contributed by atoms with Crippen LogP contribution in [0.1, 0.15) is 36.7 Å². The van der Waals surface area contributed by atoms with Crippen LogP contribution in [0.3, 0.4) is 0 Å². The van der Waals surface area contributed by atoms with Crippen molar-refractivity contribution in [3.63, 3.8) is 0 Å². The summed E-state index contributed by atoms with van der Waals surface area (Å²) in [5, 5.41) is 9.76. The number of aliphatic hydroxyl groups is 1. The number of nitrogens with two attached hydrogens (primary N) is 1. The molecule has 7 heteroatoms. The van der Waals surface area contributed by atoms with Crippen LogP contribution in [0.4, 0.5) is 18.9 Å². The van der Waals surface area contributed by atoms with Crippen LogP contribution < -0.4 is 5.73 Å². The predicted octanol–water partition coefficient (Wildman–Crippen LogP) is 2.52. The van der Waals surface area contributed by atoms with Gasteiger partial charge in [0, 0.05) is 18.8 Å². The van der Waals surface area contributed by atoms with Crippen molar-refractivity contribution in [2.45, 2.75) is 32.5 Å². The molecule has 0 atom stereocenters. The number of likely N-dealkylation sites (N-methyl/N-ethyl adjacent to an activating group) is 1. The van der Waals surface area contributed by atoms with Gasteiger partial charge in [-0.2, -0.15) is 13.2 Å². The fourth-order valence-electron chi connectivity index (χ4n) is 1.88. The first kappa shape index (κ1) is 17.3. The van der Waals surface area contributed by atoms with E-state index in [2.05, 4.69) is 0 Å². The Morgan fingerprint density at radius 3 is 2.33 bits per heavy atom. The number of carbonyl (C=O) groups excluding carboxylic acids is 1. The molecule has 4 nitrogen and oxygen atoms in total. The molecule has 0 radical (unpaired) electrons. The van der Waals surface area contributed by atoms with Crippen LogP contribution >= 0.6 is 0 Å². The summed E-state index contributed by atoms with van der Waals surface area (Å²) in [6.07, 6.45) is -4.55. The van der Waals surface area contributed by atoms with Gasteiger partial charge in [-0.25, -0.2) is 0 Å². The molecule has 3 N–H and O–H groups in total. The van der Waals surface area contributed by atoms with Gasteiger partial charge in [0.25, 0.3) is 5.91 Å². The summed E-state index contributed by atoms with van der Waals surface area (Å²) in [6.45, 7) is 4.95. The van der Waals surface area contributed by atoms with Crippen LogP contribution in [0.5, 0.6) is 0 Å². The highest BCUT2D eigenvalue weighted by atomic mass is 19.4. The Morgan fingerprint density at radius 2 is 1.90 bits per heavy atom. The Labute approximate surface area is 121 Å². The van der Waals surface area contributed by atoms with E-state index in [9.17, 15) is 23.1 Å². The second kappa shape index (κ2) is 5.93. The van der Waals surface area contributed by atoms with Gasteiger partial charge in [0.15, 0.2) is 0 Å².